The van der Waals surface area contributed by atoms with Gasteiger partial charge in [0.2, 0.25) is 5.91 Å². The lowest BCUT2D eigenvalue weighted by atomic mass is 9.95. The van der Waals surface area contributed by atoms with E-state index in [0.29, 0.717) is 31.7 Å². The van der Waals surface area contributed by atoms with E-state index < -0.39 is 11.9 Å². The van der Waals surface area contributed by atoms with Crippen LogP contribution in [-0.2, 0) is 11.0 Å². The standard InChI is InChI=1S/C17H23F3N4O/c18-17(19,20)14-5-6-15(22-21-14)23-11-7-13(8-12-23)16(25)24-9-3-1-2-4-10-24/h5-6,13H,1-4,7-12H2. The number of nitrogens with zero attached hydrogens (tertiary/aromatic N) is 4. The summed E-state index contributed by atoms with van der Waals surface area (Å²) in [4.78, 5) is 16.6. The molecule has 2 saturated heterocycles. The Morgan fingerprint density at radius 3 is 2.12 bits per heavy atom. The van der Waals surface area contributed by atoms with Crippen molar-refractivity contribution in [3.05, 3.63) is 17.8 Å². The van der Waals surface area contributed by atoms with Crippen LogP contribution < -0.4 is 4.90 Å². The second-order valence-electron chi connectivity index (χ2n) is 6.78. The molecule has 138 valence electrons. The number of likely N-dealkylation sites (tertiary alicyclic amines) is 1. The number of amides is 1. The molecular weight excluding hydrogens is 333 g/mol. The van der Waals surface area contributed by atoms with Crippen LogP contribution in [0.5, 0.6) is 0 Å². The number of aromatic nitrogens is 2. The largest absolute Gasteiger partial charge is 0.435 e. The van der Waals surface area contributed by atoms with E-state index in [9.17, 15) is 18.0 Å². The molecule has 0 spiro atoms. The van der Waals surface area contributed by atoms with Crippen molar-refractivity contribution in [3.63, 3.8) is 0 Å². The number of halogens is 3. The highest BCUT2D eigenvalue weighted by Gasteiger charge is 2.34. The maximum Gasteiger partial charge on any atom is 0.435 e. The molecule has 2 aliphatic heterocycles. The van der Waals surface area contributed by atoms with Crippen molar-refractivity contribution in [3.8, 4) is 0 Å². The molecule has 2 fully saturated rings. The summed E-state index contributed by atoms with van der Waals surface area (Å²) in [6.07, 6.45) is 1.47. The molecule has 1 aromatic heterocycles. The molecule has 8 heteroatoms. The number of hydrogen-bond donors (Lipinski definition) is 0. The molecule has 25 heavy (non-hydrogen) atoms. The predicted molar refractivity (Wildman–Crippen MR) is 87.0 cm³/mol. The molecule has 3 heterocycles. The van der Waals surface area contributed by atoms with Crippen LogP contribution >= 0.6 is 0 Å². The van der Waals surface area contributed by atoms with E-state index in [0.717, 1.165) is 32.0 Å². The average Bonchev–Trinajstić information content (AvgIpc) is 2.90. The first-order valence-corrected chi connectivity index (χ1v) is 8.90. The molecule has 1 aromatic rings. The van der Waals surface area contributed by atoms with Crippen LogP contribution in [0.25, 0.3) is 0 Å². The summed E-state index contributed by atoms with van der Waals surface area (Å²) >= 11 is 0. The molecule has 0 aromatic carbocycles. The van der Waals surface area contributed by atoms with Gasteiger partial charge in [-0.1, -0.05) is 12.8 Å². The van der Waals surface area contributed by atoms with Crippen LogP contribution in [0.4, 0.5) is 19.0 Å². The van der Waals surface area contributed by atoms with Crippen LogP contribution in [0, 0.1) is 5.92 Å². The summed E-state index contributed by atoms with van der Waals surface area (Å²) in [7, 11) is 0. The smallest absolute Gasteiger partial charge is 0.355 e. The fourth-order valence-corrected chi connectivity index (χ4v) is 3.55. The highest BCUT2D eigenvalue weighted by atomic mass is 19.4. The topological polar surface area (TPSA) is 49.3 Å². The van der Waals surface area contributed by atoms with E-state index in [1.165, 1.54) is 18.9 Å². The summed E-state index contributed by atoms with van der Waals surface area (Å²) in [5, 5.41) is 6.97. The van der Waals surface area contributed by atoms with Gasteiger partial charge in [-0.2, -0.15) is 13.2 Å². The Morgan fingerprint density at radius 2 is 1.60 bits per heavy atom. The fraction of sp³-hybridized carbons (Fsp3) is 0.706. The van der Waals surface area contributed by atoms with Gasteiger partial charge in [0.25, 0.3) is 0 Å². The lowest BCUT2D eigenvalue weighted by molar-refractivity contribution is -0.141. The van der Waals surface area contributed by atoms with Gasteiger partial charge < -0.3 is 9.80 Å². The number of piperidine rings is 1. The van der Waals surface area contributed by atoms with Gasteiger partial charge in [0.15, 0.2) is 11.5 Å². The minimum absolute atomic E-state index is 0.0109. The van der Waals surface area contributed by atoms with Gasteiger partial charge in [-0.15, -0.1) is 10.2 Å². The zero-order valence-electron chi connectivity index (χ0n) is 14.1. The lowest BCUT2D eigenvalue weighted by Gasteiger charge is -2.34. The Balaban J connectivity index is 1.55. The first-order chi connectivity index (χ1) is 11.9. The molecule has 0 radical (unpaired) electrons. The first-order valence-electron chi connectivity index (χ1n) is 8.90. The Hall–Kier alpha value is -1.86. The lowest BCUT2D eigenvalue weighted by Crippen LogP contribution is -2.43. The molecule has 0 N–H and O–H groups in total. The normalized spacial score (nSPS) is 20.4. The Bertz CT molecular complexity index is 575. The van der Waals surface area contributed by atoms with Gasteiger partial charge in [0.1, 0.15) is 0 Å². The summed E-state index contributed by atoms with van der Waals surface area (Å²) in [5.41, 5.74) is -0.984. The SMILES string of the molecule is O=C(C1CCN(c2ccc(C(F)(F)F)nn2)CC1)N1CCCCCC1. The zero-order valence-corrected chi connectivity index (χ0v) is 14.1. The van der Waals surface area contributed by atoms with Gasteiger partial charge in [0.05, 0.1) is 0 Å². The van der Waals surface area contributed by atoms with Crippen LogP contribution in [0.1, 0.15) is 44.2 Å². The maximum absolute atomic E-state index is 12.7. The molecule has 0 aliphatic carbocycles. The highest BCUT2D eigenvalue weighted by Crippen LogP contribution is 2.29. The molecule has 1 amide bonds. The van der Waals surface area contributed by atoms with Crippen molar-refractivity contribution in [1.29, 1.82) is 0 Å². The molecule has 0 unspecified atom stereocenters. The van der Waals surface area contributed by atoms with E-state index in [2.05, 4.69) is 10.2 Å². The van der Waals surface area contributed by atoms with Crippen LogP contribution in [0.15, 0.2) is 12.1 Å². The van der Waals surface area contributed by atoms with Crippen molar-refractivity contribution in [2.75, 3.05) is 31.1 Å². The summed E-state index contributed by atoms with van der Waals surface area (Å²) < 4.78 is 37.6. The van der Waals surface area contributed by atoms with Gasteiger partial charge in [-0.25, -0.2) is 0 Å². The monoisotopic (exact) mass is 356 g/mol. The number of alkyl halides is 3. The summed E-state index contributed by atoms with van der Waals surface area (Å²) in [6.45, 7) is 2.93. The minimum atomic E-state index is -4.47. The van der Waals surface area contributed by atoms with Crippen molar-refractivity contribution in [1.82, 2.24) is 15.1 Å². The molecule has 0 atom stereocenters. The van der Waals surface area contributed by atoms with Crippen molar-refractivity contribution in [2.45, 2.75) is 44.7 Å². The minimum Gasteiger partial charge on any atom is -0.355 e. The first kappa shape index (κ1) is 17.9. The molecule has 3 rings (SSSR count). The van der Waals surface area contributed by atoms with Crippen molar-refractivity contribution < 1.29 is 18.0 Å². The van der Waals surface area contributed by atoms with E-state index in [1.807, 2.05) is 9.80 Å². The third-order valence-electron chi connectivity index (χ3n) is 5.03. The molecule has 2 aliphatic rings. The quantitative estimate of drug-likeness (QED) is 0.817. The average molecular weight is 356 g/mol. The second-order valence-corrected chi connectivity index (χ2v) is 6.78. The molecule has 5 nitrogen and oxygen atoms in total. The predicted octanol–water partition coefficient (Wildman–Crippen LogP) is 3.11. The maximum atomic E-state index is 12.7. The van der Waals surface area contributed by atoms with Crippen LogP contribution in [0.3, 0.4) is 0 Å². The molecule has 0 saturated carbocycles. The van der Waals surface area contributed by atoms with Crippen LogP contribution in [-0.4, -0.2) is 47.2 Å². The second kappa shape index (κ2) is 7.58. The Morgan fingerprint density at radius 1 is 0.960 bits per heavy atom. The fourth-order valence-electron chi connectivity index (χ4n) is 3.55. The van der Waals surface area contributed by atoms with Crippen molar-refractivity contribution >= 4 is 11.7 Å². The van der Waals surface area contributed by atoms with E-state index in [1.54, 1.807) is 0 Å². The van der Waals surface area contributed by atoms with Crippen LogP contribution in [0.2, 0.25) is 0 Å². The van der Waals surface area contributed by atoms with Crippen molar-refractivity contribution in [2.24, 2.45) is 5.92 Å². The number of carbonyl (C=O) groups is 1. The number of carbonyl (C=O) groups excluding carboxylic acids is 1. The Kier molecular flexibility index (Phi) is 5.44. The zero-order chi connectivity index (χ0) is 17.9. The van der Waals surface area contributed by atoms with Gasteiger partial charge in [-0.3, -0.25) is 4.79 Å². The summed E-state index contributed by atoms with van der Waals surface area (Å²) in [6, 6.07) is 2.31. The Labute approximate surface area is 145 Å². The highest BCUT2D eigenvalue weighted by molar-refractivity contribution is 5.79. The van der Waals surface area contributed by atoms with E-state index in [4.69, 9.17) is 0 Å². The molecule has 0 bridgehead atoms. The van der Waals surface area contributed by atoms with Gasteiger partial charge >= 0.3 is 6.18 Å². The van der Waals surface area contributed by atoms with Gasteiger partial charge in [-0.05, 0) is 37.8 Å². The number of hydrogen-bond acceptors (Lipinski definition) is 4. The van der Waals surface area contributed by atoms with E-state index in [-0.39, 0.29) is 11.8 Å². The van der Waals surface area contributed by atoms with Gasteiger partial charge in [0, 0.05) is 32.1 Å². The number of anilines is 1. The molecular formula is C17H23F3N4O. The van der Waals surface area contributed by atoms with E-state index >= 15 is 0 Å². The third kappa shape index (κ3) is 4.41. The third-order valence-corrected chi connectivity index (χ3v) is 5.03. The summed E-state index contributed by atoms with van der Waals surface area (Å²) in [5.74, 6) is 0.686. The number of rotatable bonds is 2.